The fourth-order valence-corrected chi connectivity index (χ4v) is 5.08. The van der Waals surface area contributed by atoms with Crippen LogP contribution in [-0.2, 0) is 14.4 Å². The van der Waals surface area contributed by atoms with E-state index in [1.54, 1.807) is 12.4 Å². The standard InChI is InChI=1S/C19H24N4O4.ClH/c20-19-12-14(1-4-18(19,17(26)27)15(24)11-16(19)25)23-9-7-22(8-10-23)13-2-5-21-6-3-13;/h2-3,5-6,14H,1,4,7-12,20H2,(H,26,27);1H/t14?,18-,19+;/m1./s1. The summed E-state index contributed by atoms with van der Waals surface area (Å²) in [7, 11) is 0. The second-order valence-electron chi connectivity index (χ2n) is 7.83. The number of carbonyl (C=O) groups is 3. The van der Waals surface area contributed by atoms with Crippen LogP contribution in [0.15, 0.2) is 24.5 Å². The second-order valence-corrected chi connectivity index (χ2v) is 7.83. The van der Waals surface area contributed by atoms with Gasteiger partial charge >= 0.3 is 5.97 Å². The fourth-order valence-electron chi connectivity index (χ4n) is 5.08. The Balaban J connectivity index is 0.00000225. The highest BCUT2D eigenvalue weighted by atomic mass is 35.5. The van der Waals surface area contributed by atoms with Crippen LogP contribution in [-0.4, -0.2) is 70.3 Å². The molecule has 0 radical (unpaired) electrons. The van der Waals surface area contributed by atoms with Gasteiger partial charge in [-0.1, -0.05) is 0 Å². The molecule has 1 unspecified atom stereocenters. The van der Waals surface area contributed by atoms with E-state index >= 15 is 0 Å². The van der Waals surface area contributed by atoms with E-state index < -0.39 is 28.5 Å². The number of piperazine rings is 1. The van der Waals surface area contributed by atoms with Crippen molar-refractivity contribution in [3.8, 4) is 0 Å². The number of carboxylic acid groups (broad SMARTS) is 1. The molecule has 8 nitrogen and oxygen atoms in total. The summed E-state index contributed by atoms with van der Waals surface area (Å²) in [5.74, 6) is -2.19. The molecule has 3 fully saturated rings. The predicted molar refractivity (Wildman–Crippen MR) is 105 cm³/mol. The van der Waals surface area contributed by atoms with Crippen LogP contribution >= 0.6 is 12.4 Å². The summed E-state index contributed by atoms with van der Waals surface area (Å²) >= 11 is 0. The molecule has 0 aromatic carbocycles. The normalized spacial score (nSPS) is 33.3. The number of carbonyl (C=O) groups excluding carboxylic acids is 2. The number of carboxylic acids is 1. The van der Waals surface area contributed by atoms with Crippen molar-refractivity contribution in [2.24, 2.45) is 11.1 Å². The van der Waals surface area contributed by atoms with Crippen LogP contribution in [0.3, 0.4) is 0 Å². The Hall–Kier alpha value is -2.03. The summed E-state index contributed by atoms with van der Waals surface area (Å²) in [6.45, 7) is 3.31. The SMILES string of the molecule is Cl.N[C@]12CC(N3CCN(c4ccncc4)CC3)CC[C@]1(C(=O)O)C(=O)CC2=O. The Morgan fingerprint density at radius 2 is 1.79 bits per heavy atom. The number of nitrogens with two attached hydrogens (primary N) is 1. The van der Waals surface area contributed by atoms with Gasteiger partial charge in [0.15, 0.2) is 17.0 Å². The molecule has 152 valence electrons. The topological polar surface area (TPSA) is 117 Å². The van der Waals surface area contributed by atoms with Gasteiger partial charge in [-0.05, 0) is 31.4 Å². The summed E-state index contributed by atoms with van der Waals surface area (Å²) in [6.07, 6.45) is 4.13. The summed E-state index contributed by atoms with van der Waals surface area (Å²) in [5, 5.41) is 9.73. The van der Waals surface area contributed by atoms with Crippen molar-refractivity contribution in [2.75, 3.05) is 31.1 Å². The van der Waals surface area contributed by atoms with Gasteiger partial charge in [0.05, 0.1) is 6.42 Å². The van der Waals surface area contributed by atoms with Gasteiger partial charge in [0, 0.05) is 50.3 Å². The lowest BCUT2D eigenvalue weighted by Crippen LogP contribution is -2.67. The minimum atomic E-state index is -1.74. The van der Waals surface area contributed by atoms with Gasteiger partial charge in [0.25, 0.3) is 0 Å². The summed E-state index contributed by atoms with van der Waals surface area (Å²) < 4.78 is 0. The van der Waals surface area contributed by atoms with Crippen LogP contribution < -0.4 is 10.6 Å². The van der Waals surface area contributed by atoms with E-state index in [0.29, 0.717) is 6.42 Å². The number of fused-ring (bicyclic) bond motifs is 1. The summed E-state index contributed by atoms with van der Waals surface area (Å²) in [5.41, 5.74) is 4.17. The van der Waals surface area contributed by atoms with Crippen molar-refractivity contribution in [2.45, 2.75) is 37.3 Å². The van der Waals surface area contributed by atoms with Crippen molar-refractivity contribution in [3.05, 3.63) is 24.5 Å². The van der Waals surface area contributed by atoms with E-state index in [0.717, 1.165) is 31.9 Å². The minimum Gasteiger partial charge on any atom is -0.480 e. The zero-order valence-corrected chi connectivity index (χ0v) is 16.4. The number of aromatic nitrogens is 1. The number of ketones is 2. The molecule has 3 atom stereocenters. The van der Waals surface area contributed by atoms with Crippen LogP contribution in [0.2, 0.25) is 0 Å². The average molecular weight is 409 g/mol. The highest BCUT2D eigenvalue weighted by molar-refractivity contribution is 6.23. The average Bonchev–Trinajstić information content (AvgIpc) is 2.88. The molecule has 0 bridgehead atoms. The van der Waals surface area contributed by atoms with Crippen molar-refractivity contribution in [3.63, 3.8) is 0 Å². The highest BCUT2D eigenvalue weighted by Gasteiger charge is 2.70. The lowest BCUT2D eigenvalue weighted by Gasteiger charge is -2.49. The molecule has 2 heterocycles. The summed E-state index contributed by atoms with van der Waals surface area (Å²) in [6, 6.07) is 3.99. The van der Waals surface area contributed by atoms with E-state index in [1.165, 1.54) is 0 Å². The molecule has 1 aromatic rings. The smallest absolute Gasteiger partial charge is 0.319 e. The molecule has 0 spiro atoms. The Labute approximate surface area is 169 Å². The molecule has 1 aromatic heterocycles. The van der Waals surface area contributed by atoms with Gasteiger partial charge in [-0.15, -0.1) is 12.4 Å². The number of hydrogen-bond donors (Lipinski definition) is 2. The van der Waals surface area contributed by atoms with Gasteiger partial charge < -0.3 is 15.7 Å². The third-order valence-corrected chi connectivity index (χ3v) is 6.69. The van der Waals surface area contributed by atoms with Crippen molar-refractivity contribution in [1.29, 1.82) is 0 Å². The number of hydrogen-bond acceptors (Lipinski definition) is 7. The van der Waals surface area contributed by atoms with Crippen LogP contribution in [0.5, 0.6) is 0 Å². The molecule has 2 saturated carbocycles. The third-order valence-electron chi connectivity index (χ3n) is 6.69. The zero-order chi connectivity index (χ0) is 19.2. The predicted octanol–water partition coefficient (Wildman–Crippen LogP) is 0.488. The van der Waals surface area contributed by atoms with Crippen LogP contribution in [0.4, 0.5) is 5.69 Å². The number of aliphatic carboxylic acids is 1. The first-order chi connectivity index (χ1) is 12.9. The monoisotopic (exact) mass is 408 g/mol. The van der Waals surface area contributed by atoms with Crippen molar-refractivity contribution >= 4 is 35.6 Å². The van der Waals surface area contributed by atoms with Gasteiger partial charge in [-0.25, -0.2) is 0 Å². The Kier molecular flexibility index (Phi) is 5.49. The van der Waals surface area contributed by atoms with Crippen LogP contribution in [0, 0.1) is 5.41 Å². The minimum absolute atomic E-state index is 0. The number of halogens is 1. The van der Waals surface area contributed by atoms with Crippen LogP contribution in [0.1, 0.15) is 25.7 Å². The molecule has 2 aliphatic carbocycles. The van der Waals surface area contributed by atoms with E-state index in [-0.39, 0.29) is 37.7 Å². The Bertz CT molecular complexity index is 783. The molecular formula is C19H25ClN4O4. The molecule has 4 rings (SSSR count). The number of nitrogens with zero attached hydrogens (tertiary/aromatic N) is 3. The highest BCUT2D eigenvalue weighted by Crippen LogP contribution is 2.51. The van der Waals surface area contributed by atoms with E-state index in [1.807, 2.05) is 12.1 Å². The number of anilines is 1. The van der Waals surface area contributed by atoms with E-state index in [4.69, 9.17) is 5.73 Å². The van der Waals surface area contributed by atoms with Gasteiger partial charge in [0.1, 0.15) is 5.54 Å². The van der Waals surface area contributed by atoms with Gasteiger partial charge in [0.2, 0.25) is 0 Å². The Morgan fingerprint density at radius 1 is 1.14 bits per heavy atom. The summed E-state index contributed by atoms with van der Waals surface area (Å²) in [4.78, 5) is 45.4. The third kappa shape index (κ3) is 2.91. The Morgan fingerprint density at radius 3 is 2.39 bits per heavy atom. The largest absolute Gasteiger partial charge is 0.480 e. The maximum Gasteiger partial charge on any atom is 0.319 e. The maximum absolute atomic E-state index is 12.5. The molecule has 1 saturated heterocycles. The maximum atomic E-state index is 12.5. The fraction of sp³-hybridized carbons (Fsp3) is 0.579. The van der Waals surface area contributed by atoms with E-state index in [2.05, 4.69) is 14.8 Å². The van der Waals surface area contributed by atoms with Crippen molar-refractivity contribution in [1.82, 2.24) is 9.88 Å². The molecule has 3 N–H and O–H groups in total. The first-order valence-electron chi connectivity index (χ1n) is 9.36. The lowest BCUT2D eigenvalue weighted by atomic mass is 9.61. The molecular weight excluding hydrogens is 384 g/mol. The molecule has 28 heavy (non-hydrogen) atoms. The van der Waals surface area contributed by atoms with E-state index in [9.17, 15) is 19.5 Å². The lowest BCUT2D eigenvalue weighted by molar-refractivity contribution is -0.162. The van der Waals surface area contributed by atoms with Crippen molar-refractivity contribution < 1.29 is 19.5 Å². The number of Topliss-reactive ketones (excluding diaryl/α,β-unsaturated/α-hetero) is 2. The van der Waals surface area contributed by atoms with Gasteiger partial charge in [-0.3, -0.25) is 24.3 Å². The molecule has 0 amide bonds. The second kappa shape index (κ2) is 7.42. The van der Waals surface area contributed by atoms with Gasteiger partial charge in [-0.2, -0.15) is 0 Å². The number of rotatable bonds is 3. The van der Waals surface area contributed by atoms with Crippen LogP contribution in [0.25, 0.3) is 0 Å². The molecule has 3 aliphatic rings. The first kappa shape index (κ1) is 20.7. The zero-order valence-electron chi connectivity index (χ0n) is 15.5. The number of pyridine rings is 1. The first-order valence-corrected chi connectivity index (χ1v) is 9.36. The molecule has 9 heteroatoms. The quantitative estimate of drug-likeness (QED) is 0.694. The molecule has 1 aliphatic heterocycles.